The Balaban J connectivity index is 4.77. The highest BCUT2D eigenvalue weighted by molar-refractivity contribution is 6.03. The van der Waals surface area contributed by atoms with Crippen LogP contribution in [0.5, 0.6) is 0 Å². The van der Waals surface area contributed by atoms with Gasteiger partial charge in [-0.25, -0.2) is 0 Å². The molecular formula is C10H18O3. The number of Topliss-reactive ketones (excluding diaryl/α,β-unsaturated/α-hetero) is 1. The smallest absolute Gasteiger partial charge is 0.316 e. The lowest BCUT2D eigenvalue weighted by Crippen LogP contribution is -2.39. The lowest BCUT2D eigenvalue weighted by atomic mass is 9.77. The highest BCUT2D eigenvalue weighted by atomic mass is 16.4. The molecule has 0 heterocycles. The molecule has 0 rings (SSSR count). The summed E-state index contributed by atoms with van der Waals surface area (Å²) >= 11 is 0. The molecule has 13 heavy (non-hydrogen) atoms. The van der Waals surface area contributed by atoms with Gasteiger partial charge in [-0.1, -0.05) is 20.8 Å². The summed E-state index contributed by atoms with van der Waals surface area (Å²) in [6, 6.07) is 0. The number of carboxylic acids is 1. The van der Waals surface area contributed by atoms with Gasteiger partial charge in [0.2, 0.25) is 0 Å². The van der Waals surface area contributed by atoms with Gasteiger partial charge in [-0.3, -0.25) is 9.59 Å². The van der Waals surface area contributed by atoms with Crippen molar-refractivity contribution in [3.05, 3.63) is 0 Å². The van der Waals surface area contributed by atoms with Crippen LogP contribution in [-0.2, 0) is 9.59 Å². The van der Waals surface area contributed by atoms with Crippen molar-refractivity contribution >= 4 is 11.8 Å². The number of hydrogen-bond donors (Lipinski definition) is 1. The average Bonchev–Trinajstić information content (AvgIpc) is 2.13. The Morgan fingerprint density at radius 1 is 1.38 bits per heavy atom. The van der Waals surface area contributed by atoms with Crippen molar-refractivity contribution in [1.29, 1.82) is 0 Å². The van der Waals surface area contributed by atoms with E-state index < -0.39 is 11.4 Å². The molecule has 0 aromatic heterocycles. The van der Waals surface area contributed by atoms with Gasteiger partial charge in [-0.05, 0) is 19.8 Å². The SMILES string of the molecule is CCC(C)C(=O)C(C)(CC)C(=O)O. The molecule has 0 aliphatic carbocycles. The number of carboxylic acid groups (broad SMARTS) is 1. The van der Waals surface area contributed by atoms with Crippen molar-refractivity contribution in [1.82, 2.24) is 0 Å². The summed E-state index contributed by atoms with van der Waals surface area (Å²) in [6.45, 7) is 6.90. The second-order valence-electron chi connectivity index (χ2n) is 3.66. The van der Waals surface area contributed by atoms with E-state index in [0.717, 1.165) is 0 Å². The van der Waals surface area contributed by atoms with Gasteiger partial charge in [0.05, 0.1) is 0 Å². The third-order valence-electron chi connectivity index (χ3n) is 2.78. The number of carbonyl (C=O) groups excluding carboxylic acids is 1. The highest BCUT2D eigenvalue weighted by Gasteiger charge is 2.40. The Morgan fingerprint density at radius 2 is 1.85 bits per heavy atom. The zero-order valence-electron chi connectivity index (χ0n) is 8.76. The van der Waals surface area contributed by atoms with Crippen LogP contribution < -0.4 is 0 Å². The molecule has 3 nitrogen and oxygen atoms in total. The molecule has 1 N–H and O–H groups in total. The number of carbonyl (C=O) groups is 2. The quantitative estimate of drug-likeness (QED) is 0.669. The van der Waals surface area contributed by atoms with Gasteiger partial charge in [0, 0.05) is 5.92 Å². The summed E-state index contributed by atoms with van der Waals surface area (Å²) in [5.74, 6) is -1.34. The largest absolute Gasteiger partial charge is 0.481 e. The van der Waals surface area contributed by atoms with Crippen LogP contribution in [0.3, 0.4) is 0 Å². The van der Waals surface area contributed by atoms with E-state index in [4.69, 9.17) is 5.11 Å². The first-order valence-corrected chi connectivity index (χ1v) is 4.67. The van der Waals surface area contributed by atoms with E-state index >= 15 is 0 Å². The molecule has 0 bridgehead atoms. The maximum absolute atomic E-state index is 11.7. The van der Waals surface area contributed by atoms with Gasteiger partial charge in [0.1, 0.15) is 5.41 Å². The summed E-state index contributed by atoms with van der Waals surface area (Å²) in [5.41, 5.74) is -1.20. The summed E-state index contributed by atoms with van der Waals surface area (Å²) in [4.78, 5) is 22.6. The van der Waals surface area contributed by atoms with E-state index in [1.165, 1.54) is 6.92 Å². The Labute approximate surface area is 79.1 Å². The van der Waals surface area contributed by atoms with Crippen LogP contribution in [0.25, 0.3) is 0 Å². The fourth-order valence-electron chi connectivity index (χ4n) is 1.16. The maximum atomic E-state index is 11.7. The molecule has 0 amide bonds. The van der Waals surface area contributed by atoms with Crippen LogP contribution in [-0.4, -0.2) is 16.9 Å². The zero-order chi connectivity index (χ0) is 10.6. The second kappa shape index (κ2) is 4.40. The van der Waals surface area contributed by atoms with Crippen LogP contribution >= 0.6 is 0 Å². The number of hydrogen-bond acceptors (Lipinski definition) is 2. The van der Waals surface area contributed by atoms with Crippen LogP contribution in [0.15, 0.2) is 0 Å². The molecule has 2 atom stereocenters. The predicted octanol–water partition coefficient (Wildman–Crippen LogP) is 2.10. The van der Waals surface area contributed by atoms with Gasteiger partial charge < -0.3 is 5.11 Å². The van der Waals surface area contributed by atoms with Crippen molar-refractivity contribution in [3.8, 4) is 0 Å². The molecule has 0 saturated heterocycles. The predicted molar refractivity (Wildman–Crippen MR) is 50.5 cm³/mol. The molecule has 0 aliphatic heterocycles. The minimum absolute atomic E-state index is 0.162. The molecule has 0 aromatic rings. The molecule has 2 unspecified atom stereocenters. The van der Waals surface area contributed by atoms with Crippen LogP contribution in [0.1, 0.15) is 40.5 Å². The van der Waals surface area contributed by atoms with E-state index in [9.17, 15) is 9.59 Å². The number of rotatable bonds is 5. The van der Waals surface area contributed by atoms with Gasteiger partial charge in [0.25, 0.3) is 0 Å². The third-order valence-corrected chi connectivity index (χ3v) is 2.78. The average molecular weight is 186 g/mol. The van der Waals surface area contributed by atoms with Gasteiger partial charge in [-0.15, -0.1) is 0 Å². The Morgan fingerprint density at radius 3 is 2.08 bits per heavy atom. The highest BCUT2D eigenvalue weighted by Crippen LogP contribution is 2.27. The van der Waals surface area contributed by atoms with E-state index in [-0.39, 0.29) is 11.7 Å². The van der Waals surface area contributed by atoms with Crippen molar-refractivity contribution in [2.45, 2.75) is 40.5 Å². The van der Waals surface area contributed by atoms with Gasteiger partial charge in [-0.2, -0.15) is 0 Å². The monoisotopic (exact) mass is 186 g/mol. The van der Waals surface area contributed by atoms with Crippen LogP contribution in [0.2, 0.25) is 0 Å². The standard InChI is InChI=1S/C10H18O3/c1-5-7(3)8(11)10(4,6-2)9(12)13/h7H,5-6H2,1-4H3,(H,12,13). The number of ketones is 1. The fraction of sp³-hybridized carbons (Fsp3) is 0.800. The Hall–Kier alpha value is -0.860. The van der Waals surface area contributed by atoms with Crippen LogP contribution in [0.4, 0.5) is 0 Å². The maximum Gasteiger partial charge on any atom is 0.316 e. The zero-order valence-corrected chi connectivity index (χ0v) is 8.76. The van der Waals surface area contributed by atoms with E-state index in [1.807, 2.05) is 6.92 Å². The summed E-state index contributed by atoms with van der Waals surface area (Å²) in [5, 5.41) is 8.93. The minimum atomic E-state index is -1.20. The van der Waals surface area contributed by atoms with Gasteiger partial charge in [0.15, 0.2) is 5.78 Å². The first-order chi connectivity index (χ1) is 5.90. The molecule has 0 radical (unpaired) electrons. The van der Waals surface area contributed by atoms with Gasteiger partial charge >= 0.3 is 5.97 Å². The first kappa shape index (κ1) is 12.1. The molecule has 0 saturated carbocycles. The Kier molecular flexibility index (Phi) is 4.11. The third kappa shape index (κ3) is 2.29. The van der Waals surface area contributed by atoms with Crippen molar-refractivity contribution < 1.29 is 14.7 Å². The topological polar surface area (TPSA) is 54.4 Å². The van der Waals surface area contributed by atoms with E-state index in [2.05, 4.69) is 0 Å². The lowest BCUT2D eigenvalue weighted by molar-refractivity contribution is -0.155. The first-order valence-electron chi connectivity index (χ1n) is 4.67. The molecule has 0 fully saturated rings. The van der Waals surface area contributed by atoms with E-state index in [1.54, 1.807) is 13.8 Å². The minimum Gasteiger partial charge on any atom is -0.481 e. The van der Waals surface area contributed by atoms with Crippen molar-refractivity contribution in [2.75, 3.05) is 0 Å². The molecule has 0 aliphatic rings. The van der Waals surface area contributed by atoms with Crippen molar-refractivity contribution in [3.63, 3.8) is 0 Å². The summed E-state index contributed by atoms with van der Waals surface area (Å²) < 4.78 is 0. The van der Waals surface area contributed by atoms with Crippen LogP contribution in [0, 0.1) is 11.3 Å². The van der Waals surface area contributed by atoms with Crippen molar-refractivity contribution in [2.24, 2.45) is 11.3 Å². The molecule has 3 heteroatoms. The Bertz CT molecular complexity index is 210. The molecular weight excluding hydrogens is 168 g/mol. The fourth-order valence-corrected chi connectivity index (χ4v) is 1.16. The molecule has 76 valence electrons. The van der Waals surface area contributed by atoms with E-state index in [0.29, 0.717) is 12.8 Å². The number of aliphatic carboxylic acids is 1. The molecule has 0 spiro atoms. The summed E-state index contributed by atoms with van der Waals surface area (Å²) in [6.07, 6.45) is 1.05. The second-order valence-corrected chi connectivity index (χ2v) is 3.66. The molecule has 0 aromatic carbocycles. The summed E-state index contributed by atoms with van der Waals surface area (Å²) in [7, 11) is 0. The normalized spacial score (nSPS) is 17.5. The lowest BCUT2D eigenvalue weighted by Gasteiger charge is -2.24.